The highest BCUT2D eigenvalue weighted by atomic mass is 31.2. The van der Waals surface area contributed by atoms with Gasteiger partial charge in [-0.15, -0.1) is 0 Å². The summed E-state index contributed by atoms with van der Waals surface area (Å²) in [6, 6.07) is 28.5. The van der Waals surface area contributed by atoms with Crippen molar-refractivity contribution in [1.29, 1.82) is 0 Å². The minimum Gasteiger partial charge on any atom is -0.462 e. The van der Waals surface area contributed by atoms with Crippen LogP contribution in [0.3, 0.4) is 0 Å². The molecule has 3 rings (SSSR count). The van der Waals surface area contributed by atoms with Gasteiger partial charge in [-0.2, -0.15) is 0 Å². The van der Waals surface area contributed by atoms with Crippen LogP contribution in [0.1, 0.15) is 13.3 Å². The second-order valence-corrected chi connectivity index (χ2v) is 8.87. The summed E-state index contributed by atoms with van der Waals surface area (Å²) < 4.78 is 22.3. The Morgan fingerprint density at radius 3 is 1.71 bits per heavy atom. The Balaban J connectivity index is 2.19. The van der Waals surface area contributed by atoms with E-state index in [4.69, 9.17) is 9.26 Å². The largest absolute Gasteiger partial charge is 0.469 e. The van der Waals surface area contributed by atoms with E-state index in [-0.39, 0.29) is 24.1 Å². The van der Waals surface area contributed by atoms with Crippen LogP contribution >= 0.6 is 7.82 Å². The highest BCUT2D eigenvalue weighted by Crippen LogP contribution is 2.48. The van der Waals surface area contributed by atoms with Gasteiger partial charge in [0.1, 0.15) is 29.7 Å². The van der Waals surface area contributed by atoms with Crippen LogP contribution in [0.25, 0.3) is 0 Å². The predicted molar refractivity (Wildman–Crippen MR) is 133 cm³/mol. The van der Waals surface area contributed by atoms with Crippen LogP contribution in [-0.2, 0) is 18.6 Å². The average molecular weight is 482 g/mol. The van der Waals surface area contributed by atoms with Gasteiger partial charge in [0.05, 0.1) is 6.61 Å². The molecule has 0 aliphatic heterocycles. The summed E-state index contributed by atoms with van der Waals surface area (Å²) in [6.07, 6.45) is 3.20. The molecule has 34 heavy (non-hydrogen) atoms. The van der Waals surface area contributed by atoms with Gasteiger partial charge >= 0.3 is 13.8 Å². The van der Waals surface area contributed by atoms with Gasteiger partial charge in [0.2, 0.25) is 0 Å². The number of hydrogen-bond acceptors (Lipinski definition) is 4. The van der Waals surface area contributed by atoms with Gasteiger partial charge in [0.15, 0.2) is 0 Å². The smallest absolute Gasteiger partial charge is 0.462 e. The van der Waals surface area contributed by atoms with Gasteiger partial charge in [0.25, 0.3) is 0 Å². The van der Waals surface area contributed by atoms with Crippen molar-refractivity contribution >= 4 is 30.9 Å². The number of allylic oxidation sites excluding steroid dienone is 1. The van der Waals surface area contributed by atoms with Gasteiger partial charge in [-0.3, -0.25) is 4.52 Å². The third kappa shape index (κ3) is 6.29. The molecule has 8 heteroatoms. The lowest BCUT2D eigenvalue weighted by atomic mass is 10.0. The first kappa shape index (κ1) is 25.6. The van der Waals surface area contributed by atoms with Crippen molar-refractivity contribution in [2.24, 2.45) is 0 Å². The Hall–Kier alpha value is -3.06. The van der Waals surface area contributed by atoms with Crippen LogP contribution < -0.4 is 4.48 Å². The van der Waals surface area contributed by atoms with Gasteiger partial charge in [-0.1, -0.05) is 60.7 Å². The van der Waals surface area contributed by atoms with E-state index in [2.05, 4.69) is 0 Å². The number of rotatable bonds is 11. The van der Waals surface area contributed by atoms with E-state index < -0.39 is 19.8 Å². The van der Waals surface area contributed by atoms with Gasteiger partial charge in [-0.05, 0) is 43.3 Å². The molecule has 1 atom stereocenters. The number of benzene rings is 3. The molecule has 178 valence electrons. The second-order valence-electron chi connectivity index (χ2n) is 7.63. The highest BCUT2D eigenvalue weighted by Gasteiger charge is 2.45. The fourth-order valence-electron chi connectivity index (χ4n) is 4.12. The topological polar surface area (TPSA) is 93.1 Å². The summed E-state index contributed by atoms with van der Waals surface area (Å²) >= 11 is 0. The zero-order valence-corrected chi connectivity index (χ0v) is 19.8. The molecule has 1 unspecified atom stereocenters. The molecule has 0 heterocycles. The van der Waals surface area contributed by atoms with Crippen molar-refractivity contribution in [2.45, 2.75) is 19.4 Å². The van der Waals surface area contributed by atoms with Crippen molar-refractivity contribution < 1.29 is 28.4 Å². The molecule has 0 fully saturated rings. The fourth-order valence-corrected chi connectivity index (χ4v) is 4.49. The Kier molecular flexibility index (Phi) is 8.93. The molecule has 0 amide bonds. The molecule has 0 saturated carbocycles. The number of esters is 1. The number of carbonyl (C=O) groups is 1. The molecule has 0 saturated heterocycles. The van der Waals surface area contributed by atoms with Crippen molar-refractivity contribution in [3.63, 3.8) is 0 Å². The molecule has 0 aromatic heterocycles. The number of para-hydroxylation sites is 3. The Bertz CT molecular complexity index is 1020. The number of hydrogen-bond donors (Lipinski definition) is 2. The minimum absolute atomic E-state index is 0.0465. The van der Waals surface area contributed by atoms with Gasteiger partial charge < -0.3 is 14.5 Å². The average Bonchev–Trinajstić information content (AvgIpc) is 2.84. The Morgan fingerprint density at radius 2 is 1.32 bits per heavy atom. The third-order valence-corrected chi connectivity index (χ3v) is 5.96. The van der Waals surface area contributed by atoms with E-state index in [0.717, 1.165) is 17.1 Å². The highest BCUT2D eigenvalue weighted by molar-refractivity contribution is 7.46. The van der Waals surface area contributed by atoms with E-state index in [0.29, 0.717) is 0 Å². The summed E-state index contributed by atoms with van der Waals surface area (Å²) in [5.74, 6) is -0.477. The number of phosphoric acid groups is 1. The lowest BCUT2D eigenvalue weighted by Gasteiger charge is -2.43. The SMILES string of the molecule is CC=CC(=O)OCCC(COP(=O)(O)O)[N+](c1ccccc1)(c1ccccc1)c1ccccc1. The molecule has 2 N–H and O–H groups in total. The number of quaternary nitrogens is 1. The minimum atomic E-state index is -4.75. The van der Waals surface area contributed by atoms with Crippen molar-refractivity contribution in [3.05, 3.63) is 103 Å². The Morgan fingerprint density at radius 1 is 0.882 bits per heavy atom. The zero-order valence-electron chi connectivity index (χ0n) is 18.9. The van der Waals surface area contributed by atoms with E-state index in [9.17, 15) is 19.1 Å². The predicted octanol–water partition coefficient (Wildman–Crippen LogP) is 5.64. The third-order valence-electron chi connectivity index (χ3n) is 5.47. The first-order valence-electron chi connectivity index (χ1n) is 10.9. The van der Waals surface area contributed by atoms with Crippen LogP contribution in [0.15, 0.2) is 103 Å². The van der Waals surface area contributed by atoms with E-state index >= 15 is 0 Å². The lowest BCUT2D eigenvalue weighted by molar-refractivity contribution is -0.138. The lowest BCUT2D eigenvalue weighted by Crippen LogP contribution is -2.51. The van der Waals surface area contributed by atoms with Crippen LogP contribution in [0.4, 0.5) is 17.1 Å². The quantitative estimate of drug-likeness (QED) is 0.159. The molecular weight excluding hydrogens is 453 g/mol. The van der Waals surface area contributed by atoms with E-state index in [1.165, 1.54) is 6.08 Å². The maximum atomic E-state index is 11.9. The molecule has 0 bridgehead atoms. The molecule has 0 aliphatic carbocycles. The first-order chi connectivity index (χ1) is 16.4. The molecule has 3 aromatic rings. The monoisotopic (exact) mass is 482 g/mol. The molecule has 3 aromatic carbocycles. The molecule has 0 aliphatic rings. The van der Waals surface area contributed by atoms with Crippen LogP contribution in [0.5, 0.6) is 0 Å². The van der Waals surface area contributed by atoms with Gasteiger partial charge in [-0.25, -0.2) is 13.8 Å². The van der Waals surface area contributed by atoms with Crippen LogP contribution in [-0.4, -0.2) is 35.0 Å². The molecule has 7 nitrogen and oxygen atoms in total. The fraction of sp³-hybridized carbons (Fsp3) is 0.192. The number of nitrogens with zero attached hydrogens (tertiary/aromatic N) is 1. The van der Waals surface area contributed by atoms with Gasteiger partial charge in [0, 0.05) is 12.5 Å². The Labute approximate surface area is 199 Å². The number of carbonyl (C=O) groups excluding carboxylic acids is 1. The summed E-state index contributed by atoms with van der Waals surface area (Å²) in [7, 11) is -4.75. The molecule has 0 spiro atoms. The summed E-state index contributed by atoms with van der Waals surface area (Å²) in [6.45, 7) is 1.50. The summed E-state index contributed by atoms with van der Waals surface area (Å²) in [5, 5.41) is 0. The number of phosphoric ester groups is 1. The summed E-state index contributed by atoms with van der Waals surface area (Å²) in [4.78, 5) is 31.0. The molecule has 0 radical (unpaired) electrons. The normalized spacial score (nSPS) is 13.0. The number of ether oxygens (including phenoxy) is 1. The van der Waals surface area contributed by atoms with Crippen LogP contribution in [0, 0.1) is 0 Å². The second kappa shape index (κ2) is 11.9. The maximum absolute atomic E-state index is 11.9. The van der Waals surface area contributed by atoms with E-state index in [1.54, 1.807) is 13.0 Å². The van der Waals surface area contributed by atoms with E-state index in [1.807, 2.05) is 91.0 Å². The van der Waals surface area contributed by atoms with Crippen LogP contribution in [0.2, 0.25) is 0 Å². The molecular formula is C26H29NO6P+. The summed E-state index contributed by atoms with van der Waals surface area (Å²) in [5.41, 5.74) is 2.62. The first-order valence-corrected chi connectivity index (χ1v) is 12.5. The van der Waals surface area contributed by atoms with Crippen molar-refractivity contribution in [1.82, 2.24) is 4.48 Å². The van der Waals surface area contributed by atoms with Crippen molar-refractivity contribution in [2.75, 3.05) is 13.2 Å². The maximum Gasteiger partial charge on any atom is 0.469 e. The standard InChI is InChI=1S/C26H28NO6P/c1-2-12-26(28)32-20-19-25(21-33-34(29,30)31)27(22-13-6-3-7-14-22,23-15-8-4-9-16-23)24-17-10-5-11-18-24/h2-18,25H,19-21H2,1H3,(H-,29,30,31)/p+1. The van der Waals surface area contributed by atoms with Crippen molar-refractivity contribution in [3.8, 4) is 0 Å². The zero-order chi connectivity index (χ0) is 24.4.